The third-order valence-corrected chi connectivity index (χ3v) is 5.26. The van der Waals surface area contributed by atoms with Gasteiger partial charge >= 0.3 is 0 Å². The summed E-state index contributed by atoms with van der Waals surface area (Å²) >= 11 is 0. The number of nitrogens with one attached hydrogen (secondary N) is 2. The maximum Gasteiger partial charge on any atom is 0.166 e. The zero-order valence-corrected chi connectivity index (χ0v) is 16.8. The van der Waals surface area contributed by atoms with E-state index < -0.39 is 0 Å². The second-order valence-corrected chi connectivity index (χ2v) is 7.33. The molecule has 0 unspecified atom stereocenters. The van der Waals surface area contributed by atoms with Gasteiger partial charge in [0.1, 0.15) is 5.65 Å². The van der Waals surface area contributed by atoms with Gasteiger partial charge in [-0.05, 0) is 50.2 Å². The first-order chi connectivity index (χ1) is 14.7. The van der Waals surface area contributed by atoms with Crippen molar-refractivity contribution in [3.8, 4) is 0 Å². The van der Waals surface area contributed by atoms with Gasteiger partial charge in [0.15, 0.2) is 5.82 Å². The number of aromatic amines is 1. The predicted molar refractivity (Wildman–Crippen MR) is 122 cm³/mol. The number of pyridine rings is 2. The van der Waals surface area contributed by atoms with E-state index in [1.54, 1.807) is 18.5 Å². The van der Waals surface area contributed by atoms with Gasteiger partial charge in [-0.1, -0.05) is 0 Å². The summed E-state index contributed by atoms with van der Waals surface area (Å²) in [5.41, 5.74) is 15.8. The molecule has 0 aliphatic carbocycles. The van der Waals surface area contributed by atoms with Crippen molar-refractivity contribution in [2.24, 2.45) is 16.6 Å². The minimum absolute atomic E-state index is 0.302. The third kappa shape index (κ3) is 4.27. The fraction of sp³-hybridized carbons (Fsp3) is 0.286. The number of aromatic nitrogens is 3. The Morgan fingerprint density at radius 3 is 2.90 bits per heavy atom. The van der Waals surface area contributed by atoms with E-state index in [4.69, 9.17) is 17.3 Å². The summed E-state index contributed by atoms with van der Waals surface area (Å²) in [6.45, 7) is 2.40. The number of nitrogen functional groups attached to an aromatic ring is 1. The Labute approximate surface area is 175 Å². The minimum atomic E-state index is 0.302. The molecule has 0 radical (unpaired) electrons. The molecule has 1 aliphatic rings. The van der Waals surface area contributed by atoms with Crippen molar-refractivity contribution >= 4 is 34.3 Å². The van der Waals surface area contributed by atoms with Gasteiger partial charge in [0.25, 0.3) is 0 Å². The summed E-state index contributed by atoms with van der Waals surface area (Å²) in [5.74, 6) is 6.83. The van der Waals surface area contributed by atoms with Crippen LogP contribution in [0.4, 0.5) is 11.5 Å². The quantitative estimate of drug-likeness (QED) is 0.237. The molecule has 4 rings (SSSR count). The molecule has 0 aromatic carbocycles. The van der Waals surface area contributed by atoms with Crippen LogP contribution in [0.15, 0.2) is 47.9 Å². The van der Waals surface area contributed by atoms with Gasteiger partial charge in [0.2, 0.25) is 0 Å². The zero-order valence-electron chi connectivity index (χ0n) is 16.8. The predicted octanol–water partition coefficient (Wildman–Crippen LogP) is 1.54. The van der Waals surface area contributed by atoms with Crippen LogP contribution >= 0.6 is 0 Å². The highest BCUT2D eigenvalue weighted by molar-refractivity contribution is 6.09. The lowest BCUT2D eigenvalue weighted by atomic mass is 10.1. The number of anilines is 2. The van der Waals surface area contributed by atoms with E-state index >= 15 is 0 Å². The molecule has 1 saturated heterocycles. The number of aliphatic imine (C=N–C) groups is 1. The van der Waals surface area contributed by atoms with E-state index in [-0.39, 0.29) is 0 Å². The number of nitrogens with two attached hydrogens (primary N) is 3. The summed E-state index contributed by atoms with van der Waals surface area (Å²) in [7, 11) is 0. The van der Waals surface area contributed by atoms with Gasteiger partial charge in [-0.2, -0.15) is 0 Å². The number of hydrogen-bond donors (Lipinski definition) is 5. The molecule has 156 valence electrons. The second-order valence-electron chi connectivity index (χ2n) is 7.33. The maximum absolute atomic E-state index is 6.34. The molecule has 0 saturated carbocycles. The van der Waals surface area contributed by atoms with Crippen LogP contribution in [0.1, 0.15) is 24.1 Å². The molecule has 8 N–H and O–H groups in total. The van der Waals surface area contributed by atoms with E-state index in [9.17, 15) is 0 Å². The van der Waals surface area contributed by atoms with Crippen molar-refractivity contribution in [3.63, 3.8) is 0 Å². The van der Waals surface area contributed by atoms with E-state index in [0.717, 1.165) is 48.1 Å². The van der Waals surface area contributed by atoms with Crippen LogP contribution in [0.3, 0.4) is 0 Å². The van der Waals surface area contributed by atoms with Crippen molar-refractivity contribution in [1.82, 2.24) is 20.3 Å². The number of H-pyrrole nitrogens is 1. The van der Waals surface area contributed by atoms with Gasteiger partial charge in [-0.25, -0.2) is 15.8 Å². The Morgan fingerprint density at radius 2 is 2.10 bits per heavy atom. The topological polar surface area (TPSA) is 147 Å². The lowest BCUT2D eigenvalue weighted by molar-refractivity contribution is 0.461. The first kappa shape index (κ1) is 19.9. The Morgan fingerprint density at radius 1 is 1.27 bits per heavy atom. The lowest BCUT2D eigenvalue weighted by Gasteiger charge is -2.20. The highest BCUT2D eigenvalue weighted by atomic mass is 15.4. The lowest BCUT2D eigenvalue weighted by Crippen LogP contribution is -2.32. The molecule has 0 spiro atoms. The maximum atomic E-state index is 6.34. The molecular weight excluding hydrogens is 378 g/mol. The first-order valence-corrected chi connectivity index (χ1v) is 10.0. The van der Waals surface area contributed by atoms with Gasteiger partial charge in [0.05, 0.1) is 24.0 Å². The summed E-state index contributed by atoms with van der Waals surface area (Å²) in [6.07, 6.45) is 8.99. The van der Waals surface area contributed by atoms with Gasteiger partial charge in [-0.15, -0.1) is 0 Å². The number of fused-ring (bicyclic) bond motifs is 1. The molecular formula is C21H27N9. The summed E-state index contributed by atoms with van der Waals surface area (Å²) < 4.78 is 0. The smallest absolute Gasteiger partial charge is 0.166 e. The number of allylic oxidation sites excluding steroid dienone is 1. The molecule has 0 amide bonds. The van der Waals surface area contributed by atoms with Crippen molar-refractivity contribution in [2.75, 3.05) is 23.8 Å². The number of hydrogen-bond acceptors (Lipinski definition) is 8. The molecule has 9 nitrogen and oxygen atoms in total. The number of piperidine rings is 1. The van der Waals surface area contributed by atoms with Crippen LogP contribution in [0.2, 0.25) is 0 Å². The SMILES string of the molecule is NC=C(C=NC1CCNCC1)c1ccc(N)c(N(N)Cc2c[nH]c3ncccc23)n1. The van der Waals surface area contributed by atoms with Gasteiger partial charge < -0.3 is 21.8 Å². The van der Waals surface area contributed by atoms with Gasteiger partial charge in [0, 0.05) is 41.3 Å². The number of rotatable bonds is 6. The highest BCUT2D eigenvalue weighted by Gasteiger charge is 2.15. The Kier molecular flexibility index (Phi) is 5.92. The molecule has 30 heavy (non-hydrogen) atoms. The number of nitrogens with zero attached hydrogens (tertiary/aromatic N) is 4. The van der Waals surface area contributed by atoms with E-state index in [1.165, 1.54) is 11.2 Å². The average molecular weight is 406 g/mol. The molecule has 0 atom stereocenters. The van der Waals surface area contributed by atoms with Crippen molar-refractivity contribution in [3.05, 3.63) is 54.1 Å². The Balaban J connectivity index is 1.55. The largest absolute Gasteiger partial charge is 0.404 e. The molecule has 3 aromatic rings. The van der Waals surface area contributed by atoms with Crippen molar-refractivity contribution < 1.29 is 0 Å². The van der Waals surface area contributed by atoms with Crippen molar-refractivity contribution in [2.45, 2.75) is 25.4 Å². The first-order valence-electron chi connectivity index (χ1n) is 10.0. The zero-order chi connectivity index (χ0) is 20.9. The van der Waals surface area contributed by atoms with Crippen LogP contribution in [-0.2, 0) is 6.54 Å². The summed E-state index contributed by atoms with van der Waals surface area (Å²) in [4.78, 5) is 16.8. The van der Waals surface area contributed by atoms with Crippen LogP contribution < -0.4 is 27.6 Å². The fourth-order valence-corrected chi connectivity index (χ4v) is 3.59. The Bertz CT molecular complexity index is 1060. The van der Waals surface area contributed by atoms with E-state index in [2.05, 4.69) is 25.3 Å². The minimum Gasteiger partial charge on any atom is -0.404 e. The summed E-state index contributed by atoms with van der Waals surface area (Å²) in [6, 6.07) is 7.82. The standard InChI is InChI=1S/C21H27N9/c22-10-14(11-27-16-5-8-25-9-6-16)19-4-3-18(23)21(29-19)30(24)13-15-12-28-20-17(15)2-1-7-26-20/h1-4,7,10-12,16,25H,5-6,8-9,13,22-24H2,(H,26,28). The highest BCUT2D eigenvalue weighted by Crippen LogP contribution is 2.25. The second kappa shape index (κ2) is 8.93. The third-order valence-electron chi connectivity index (χ3n) is 5.26. The molecule has 9 heteroatoms. The molecule has 3 aromatic heterocycles. The van der Waals surface area contributed by atoms with E-state index in [1.807, 2.05) is 24.4 Å². The number of hydrazine groups is 1. The van der Waals surface area contributed by atoms with Crippen LogP contribution in [0, 0.1) is 0 Å². The van der Waals surface area contributed by atoms with Gasteiger partial charge in [-0.3, -0.25) is 10.0 Å². The monoisotopic (exact) mass is 405 g/mol. The van der Waals surface area contributed by atoms with Crippen LogP contribution in [0.25, 0.3) is 16.6 Å². The fourth-order valence-electron chi connectivity index (χ4n) is 3.59. The van der Waals surface area contributed by atoms with Crippen LogP contribution in [-0.4, -0.2) is 40.3 Å². The molecule has 0 bridgehead atoms. The van der Waals surface area contributed by atoms with Crippen molar-refractivity contribution in [1.29, 1.82) is 0 Å². The Hall–Kier alpha value is -3.43. The normalized spacial score (nSPS) is 15.8. The average Bonchev–Trinajstić information content (AvgIpc) is 3.18. The molecule has 4 heterocycles. The summed E-state index contributed by atoms with van der Waals surface area (Å²) in [5, 5.41) is 5.89. The van der Waals surface area contributed by atoms with Crippen LogP contribution in [0.5, 0.6) is 0 Å². The molecule has 1 fully saturated rings. The van der Waals surface area contributed by atoms with E-state index in [0.29, 0.717) is 29.8 Å². The molecule has 1 aliphatic heterocycles.